The van der Waals surface area contributed by atoms with Crippen molar-refractivity contribution in [2.45, 2.75) is 26.7 Å². The van der Waals surface area contributed by atoms with Gasteiger partial charge in [0.15, 0.2) is 0 Å². The fourth-order valence-electron chi connectivity index (χ4n) is 1.77. The van der Waals surface area contributed by atoms with E-state index < -0.39 is 0 Å². The highest BCUT2D eigenvalue weighted by atomic mass is 15.1. The minimum Gasteiger partial charge on any atom is -0.372 e. The largest absolute Gasteiger partial charge is 0.372 e. The normalized spacial score (nSPS) is 10.9. The lowest BCUT2D eigenvalue weighted by molar-refractivity contribution is 0.745. The van der Waals surface area contributed by atoms with Crippen molar-refractivity contribution >= 4 is 11.9 Å². The molecule has 0 aromatic heterocycles. The highest BCUT2D eigenvalue weighted by Crippen LogP contribution is 2.15. The second-order valence-corrected chi connectivity index (χ2v) is 3.86. The van der Waals surface area contributed by atoms with Crippen LogP contribution in [0.15, 0.2) is 29.4 Å². The first-order valence-electron chi connectivity index (χ1n) is 5.90. The van der Waals surface area contributed by atoms with E-state index in [9.17, 15) is 0 Å². The van der Waals surface area contributed by atoms with Gasteiger partial charge in [0.25, 0.3) is 0 Å². The highest BCUT2D eigenvalue weighted by Gasteiger charge is 2.03. The second kappa shape index (κ2) is 6.88. The molecule has 0 atom stereocenters. The number of hydrazone groups is 1. The van der Waals surface area contributed by atoms with E-state index in [1.165, 1.54) is 18.5 Å². The van der Waals surface area contributed by atoms with Crippen LogP contribution < -0.4 is 10.7 Å². The summed E-state index contributed by atoms with van der Waals surface area (Å²) < 4.78 is 0. The molecule has 3 nitrogen and oxygen atoms in total. The lowest BCUT2D eigenvalue weighted by Crippen LogP contribution is -2.24. The molecule has 0 aliphatic heterocycles. The van der Waals surface area contributed by atoms with E-state index >= 15 is 0 Å². The number of hydrogen-bond donors (Lipinski definition) is 1. The average molecular weight is 219 g/mol. The lowest BCUT2D eigenvalue weighted by Gasteiger charge is -2.23. The Morgan fingerprint density at radius 3 is 2.12 bits per heavy atom. The minimum absolute atomic E-state index is 1.04. The van der Waals surface area contributed by atoms with E-state index in [0.717, 1.165) is 18.7 Å². The summed E-state index contributed by atoms with van der Waals surface area (Å²) in [6, 6.07) is 8.35. The number of benzene rings is 1. The van der Waals surface area contributed by atoms with Crippen molar-refractivity contribution < 1.29 is 0 Å². The third-order valence-corrected chi connectivity index (χ3v) is 2.47. The summed E-state index contributed by atoms with van der Waals surface area (Å²) in [6.45, 7) is 6.63. The van der Waals surface area contributed by atoms with Crippen LogP contribution in [0.3, 0.4) is 0 Å². The van der Waals surface area contributed by atoms with E-state index in [1.54, 1.807) is 6.21 Å². The molecule has 0 heterocycles. The average Bonchev–Trinajstić information content (AvgIpc) is 2.30. The molecule has 2 N–H and O–H groups in total. The molecule has 0 aliphatic carbocycles. The zero-order chi connectivity index (χ0) is 11.8. The molecule has 0 radical (unpaired) electrons. The Hall–Kier alpha value is -1.51. The molecule has 0 fully saturated rings. The van der Waals surface area contributed by atoms with Crippen molar-refractivity contribution in [2.75, 3.05) is 18.0 Å². The van der Waals surface area contributed by atoms with Gasteiger partial charge in [-0.15, -0.1) is 0 Å². The summed E-state index contributed by atoms with van der Waals surface area (Å²) in [6.07, 6.45) is 4.01. The zero-order valence-corrected chi connectivity index (χ0v) is 10.2. The van der Waals surface area contributed by atoms with Crippen LogP contribution in [0.4, 0.5) is 5.69 Å². The van der Waals surface area contributed by atoms with Crippen LogP contribution in [0.5, 0.6) is 0 Å². The predicted octanol–water partition coefficient (Wildman–Crippen LogP) is 2.61. The van der Waals surface area contributed by atoms with Crippen molar-refractivity contribution in [1.82, 2.24) is 0 Å². The van der Waals surface area contributed by atoms with Gasteiger partial charge in [-0.1, -0.05) is 26.0 Å². The lowest BCUT2D eigenvalue weighted by atomic mass is 10.2. The van der Waals surface area contributed by atoms with Gasteiger partial charge in [-0.25, -0.2) is 0 Å². The number of hydrogen-bond acceptors (Lipinski definition) is 3. The molecule has 0 saturated heterocycles. The minimum atomic E-state index is 1.04. The third-order valence-electron chi connectivity index (χ3n) is 2.47. The standard InChI is InChI=1S/C13H21N3/c1-3-9-16(10-4-2)13-7-5-12(6-8-13)11-15-14/h5-8,11H,3-4,9-10,14H2,1-2H3/b15-11+. The Morgan fingerprint density at radius 1 is 1.12 bits per heavy atom. The summed E-state index contributed by atoms with van der Waals surface area (Å²) in [4.78, 5) is 2.41. The van der Waals surface area contributed by atoms with Crippen LogP contribution in [-0.2, 0) is 0 Å². The molecule has 0 amide bonds. The van der Waals surface area contributed by atoms with Crippen molar-refractivity contribution in [1.29, 1.82) is 0 Å². The summed E-state index contributed by atoms with van der Waals surface area (Å²) >= 11 is 0. The maximum Gasteiger partial charge on any atom is 0.0538 e. The van der Waals surface area contributed by atoms with Crippen molar-refractivity contribution in [3.05, 3.63) is 29.8 Å². The smallest absolute Gasteiger partial charge is 0.0538 e. The maximum atomic E-state index is 5.11. The Bertz CT molecular complexity index is 310. The third kappa shape index (κ3) is 3.57. The van der Waals surface area contributed by atoms with Crippen LogP contribution >= 0.6 is 0 Å². The molecular formula is C13H21N3. The molecule has 0 spiro atoms. The SMILES string of the molecule is CCCN(CCC)c1ccc(/C=N/N)cc1. The molecule has 3 heteroatoms. The first kappa shape index (κ1) is 12.6. The van der Waals surface area contributed by atoms with Gasteiger partial charge in [0.05, 0.1) is 6.21 Å². The number of anilines is 1. The van der Waals surface area contributed by atoms with Gasteiger partial charge in [0.2, 0.25) is 0 Å². The number of nitrogens with zero attached hydrogens (tertiary/aromatic N) is 2. The Kier molecular flexibility index (Phi) is 5.40. The van der Waals surface area contributed by atoms with Gasteiger partial charge in [0.1, 0.15) is 0 Å². The van der Waals surface area contributed by atoms with E-state index in [4.69, 9.17) is 5.84 Å². The van der Waals surface area contributed by atoms with E-state index in [1.807, 2.05) is 12.1 Å². The van der Waals surface area contributed by atoms with Crippen LogP contribution in [0.25, 0.3) is 0 Å². The quantitative estimate of drug-likeness (QED) is 0.454. The van der Waals surface area contributed by atoms with Crippen LogP contribution in [0, 0.1) is 0 Å². The highest BCUT2D eigenvalue weighted by molar-refractivity contribution is 5.80. The molecule has 1 aromatic rings. The molecule has 0 unspecified atom stereocenters. The summed E-state index contributed by atoms with van der Waals surface area (Å²) in [5.74, 6) is 5.11. The first-order valence-corrected chi connectivity index (χ1v) is 5.90. The summed E-state index contributed by atoms with van der Waals surface area (Å²) in [5, 5.41) is 3.51. The number of rotatable bonds is 6. The number of nitrogens with two attached hydrogens (primary N) is 1. The molecular weight excluding hydrogens is 198 g/mol. The Labute approximate surface area is 98.0 Å². The van der Waals surface area contributed by atoms with Gasteiger partial charge >= 0.3 is 0 Å². The maximum absolute atomic E-state index is 5.11. The first-order chi connectivity index (χ1) is 7.81. The molecule has 0 saturated carbocycles. The van der Waals surface area contributed by atoms with Crippen LogP contribution in [0.2, 0.25) is 0 Å². The van der Waals surface area contributed by atoms with Crippen LogP contribution in [-0.4, -0.2) is 19.3 Å². The van der Waals surface area contributed by atoms with E-state index in [-0.39, 0.29) is 0 Å². The molecule has 1 rings (SSSR count). The Balaban J connectivity index is 2.76. The van der Waals surface area contributed by atoms with Crippen molar-refractivity contribution in [3.63, 3.8) is 0 Å². The van der Waals surface area contributed by atoms with Gasteiger partial charge in [-0.05, 0) is 30.5 Å². The van der Waals surface area contributed by atoms with Gasteiger partial charge in [-0.3, -0.25) is 0 Å². The molecule has 88 valence electrons. The molecule has 0 bridgehead atoms. The van der Waals surface area contributed by atoms with Gasteiger partial charge in [-0.2, -0.15) is 5.10 Å². The second-order valence-electron chi connectivity index (χ2n) is 3.86. The topological polar surface area (TPSA) is 41.6 Å². The fraction of sp³-hybridized carbons (Fsp3) is 0.462. The fourth-order valence-corrected chi connectivity index (χ4v) is 1.77. The van der Waals surface area contributed by atoms with Crippen molar-refractivity contribution in [2.24, 2.45) is 10.9 Å². The van der Waals surface area contributed by atoms with Crippen molar-refractivity contribution in [3.8, 4) is 0 Å². The molecule has 1 aromatic carbocycles. The summed E-state index contributed by atoms with van der Waals surface area (Å²) in [7, 11) is 0. The Morgan fingerprint density at radius 2 is 1.69 bits per heavy atom. The van der Waals surface area contributed by atoms with E-state index in [0.29, 0.717) is 0 Å². The van der Waals surface area contributed by atoms with Gasteiger partial charge < -0.3 is 10.7 Å². The monoisotopic (exact) mass is 219 g/mol. The molecule has 0 aliphatic rings. The van der Waals surface area contributed by atoms with Crippen LogP contribution in [0.1, 0.15) is 32.3 Å². The van der Waals surface area contributed by atoms with Gasteiger partial charge in [0, 0.05) is 18.8 Å². The predicted molar refractivity (Wildman–Crippen MR) is 71.0 cm³/mol. The summed E-state index contributed by atoms with van der Waals surface area (Å²) in [5.41, 5.74) is 2.32. The zero-order valence-electron chi connectivity index (χ0n) is 10.2. The van der Waals surface area contributed by atoms with E-state index in [2.05, 4.69) is 36.0 Å². The molecule has 16 heavy (non-hydrogen) atoms.